The Morgan fingerprint density at radius 1 is 1.32 bits per heavy atom. The number of alkyl halides is 3. The fourth-order valence-electron chi connectivity index (χ4n) is 1.25. The molecule has 0 fully saturated rings. The van der Waals surface area contributed by atoms with Crippen molar-refractivity contribution in [2.24, 2.45) is 5.41 Å². The normalized spacial score (nSPS) is 12.3. The van der Waals surface area contributed by atoms with Crippen LogP contribution >= 0.6 is 11.6 Å². The number of anilines is 1. The second-order valence-corrected chi connectivity index (χ2v) is 5.21. The molecule has 3 nitrogen and oxygen atoms in total. The molecule has 19 heavy (non-hydrogen) atoms. The third-order valence-corrected chi connectivity index (χ3v) is 2.76. The van der Waals surface area contributed by atoms with Crippen LogP contribution in [0.25, 0.3) is 0 Å². The van der Waals surface area contributed by atoms with Gasteiger partial charge in [0.1, 0.15) is 0 Å². The molecule has 0 aliphatic carbocycles. The zero-order valence-corrected chi connectivity index (χ0v) is 11.1. The Labute approximate surface area is 113 Å². The molecule has 2 N–H and O–H groups in total. The number of nitrogens with one attached hydrogen (secondary N) is 1. The van der Waals surface area contributed by atoms with E-state index < -0.39 is 23.1 Å². The minimum atomic E-state index is -4.50. The van der Waals surface area contributed by atoms with Gasteiger partial charge in [-0.1, -0.05) is 11.6 Å². The molecule has 106 valence electrons. The summed E-state index contributed by atoms with van der Waals surface area (Å²) >= 11 is 5.61. The lowest BCUT2D eigenvalue weighted by molar-refractivity contribution is -0.146. The van der Waals surface area contributed by atoms with Crippen LogP contribution in [0.2, 0.25) is 5.02 Å². The smallest absolute Gasteiger partial charge is 0.416 e. The number of carboxylic acids is 1. The van der Waals surface area contributed by atoms with E-state index in [-0.39, 0.29) is 17.3 Å². The number of hydrogen-bond donors (Lipinski definition) is 2. The number of benzene rings is 1. The molecule has 0 saturated carbocycles. The minimum Gasteiger partial charge on any atom is -0.481 e. The number of halogens is 4. The Morgan fingerprint density at radius 2 is 1.89 bits per heavy atom. The van der Waals surface area contributed by atoms with Crippen LogP contribution < -0.4 is 5.32 Å². The fourth-order valence-corrected chi connectivity index (χ4v) is 1.49. The summed E-state index contributed by atoms with van der Waals surface area (Å²) in [5, 5.41) is 11.5. The third kappa shape index (κ3) is 4.31. The van der Waals surface area contributed by atoms with Crippen molar-refractivity contribution in [3.8, 4) is 0 Å². The number of rotatable bonds is 4. The first kappa shape index (κ1) is 15.6. The number of carboxylic acid groups (broad SMARTS) is 1. The fraction of sp³-hybridized carbons (Fsp3) is 0.417. The van der Waals surface area contributed by atoms with Crippen LogP contribution in [0, 0.1) is 5.41 Å². The van der Waals surface area contributed by atoms with Gasteiger partial charge in [-0.25, -0.2) is 0 Å². The second kappa shape index (κ2) is 5.28. The Bertz CT molecular complexity index is 486. The van der Waals surface area contributed by atoms with Crippen molar-refractivity contribution in [1.82, 2.24) is 0 Å². The van der Waals surface area contributed by atoms with Gasteiger partial charge >= 0.3 is 12.1 Å². The molecule has 1 rings (SSSR count). The van der Waals surface area contributed by atoms with Crippen molar-refractivity contribution >= 4 is 23.3 Å². The standard InChI is InChI=1S/C12H13ClF3NO2/c1-11(2,10(18)19)6-17-9-4-7(12(14,15)16)3-8(13)5-9/h3-5,17H,6H2,1-2H3,(H,18,19). The van der Waals surface area contributed by atoms with Crippen molar-refractivity contribution in [3.63, 3.8) is 0 Å². The molecule has 7 heteroatoms. The van der Waals surface area contributed by atoms with Crippen LogP contribution in [0.1, 0.15) is 19.4 Å². The summed E-state index contributed by atoms with van der Waals surface area (Å²) in [4.78, 5) is 10.9. The monoisotopic (exact) mass is 295 g/mol. The van der Waals surface area contributed by atoms with Gasteiger partial charge in [0.05, 0.1) is 11.0 Å². The highest BCUT2D eigenvalue weighted by atomic mass is 35.5. The summed E-state index contributed by atoms with van der Waals surface area (Å²) in [5.74, 6) is -1.04. The predicted molar refractivity (Wildman–Crippen MR) is 66.4 cm³/mol. The molecule has 0 aromatic heterocycles. The summed E-state index contributed by atoms with van der Waals surface area (Å²) in [5.41, 5.74) is -1.84. The van der Waals surface area contributed by atoms with Crippen LogP contribution in [-0.4, -0.2) is 17.6 Å². The van der Waals surface area contributed by atoms with Gasteiger partial charge < -0.3 is 10.4 Å². The zero-order valence-electron chi connectivity index (χ0n) is 10.3. The first-order valence-electron chi connectivity index (χ1n) is 5.37. The lowest BCUT2D eigenvalue weighted by atomic mass is 9.94. The zero-order chi connectivity index (χ0) is 14.8. The molecule has 0 saturated heterocycles. The molecule has 0 atom stereocenters. The summed E-state index contributed by atoms with van der Waals surface area (Å²) in [6.07, 6.45) is -4.50. The molecular formula is C12H13ClF3NO2. The van der Waals surface area contributed by atoms with Crippen LogP contribution in [0.3, 0.4) is 0 Å². The minimum absolute atomic E-state index is 0.0139. The van der Waals surface area contributed by atoms with Gasteiger partial charge in [0.2, 0.25) is 0 Å². The van der Waals surface area contributed by atoms with E-state index in [9.17, 15) is 18.0 Å². The van der Waals surface area contributed by atoms with Crippen molar-refractivity contribution < 1.29 is 23.1 Å². The maximum atomic E-state index is 12.6. The predicted octanol–water partition coefficient (Wildman–Crippen LogP) is 3.88. The van der Waals surface area contributed by atoms with Crippen molar-refractivity contribution in [3.05, 3.63) is 28.8 Å². The second-order valence-electron chi connectivity index (χ2n) is 4.77. The topological polar surface area (TPSA) is 49.3 Å². The van der Waals surface area contributed by atoms with Gasteiger partial charge in [-0.3, -0.25) is 4.79 Å². The maximum absolute atomic E-state index is 12.6. The number of carbonyl (C=O) groups is 1. The summed E-state index contributed by atoms with van der Waals surface area (Å²) < 4.78 is 37.7. The van der Waals surface area contributed by atoms with Crippen molar-refractivity contribution in [2.45, 2.75) is 20.0 Å². The summed E-state index contributed by atoms with van der Waals surface area (Å²) in [6, 6.07) is 3.02. The average Bonchev–Trinajstić information content (AvgIpc) is 2.24. The van der Waals surface area contributed by atoms with Crippen molar-refractivity contribution in [1.29, 1.82) is 0 Å². The van der Waals surface area contributed by atoms with E-state index in [2.05, 4.69) is 5.32 Å². The Balaban J connectivity index is 2.91. The van der Waals surface area contributed by atoms with Crippen LogP contribution in [0.4, 0.5) is 18.9 Å². The van der Waals surface area contributed by atoms with Crippen molar-refractivity contribution in [2.75, 3.05) is 11.9 Å². The first-order chi connectivity index (χ1) is 8.52. The van der Waals surface area contributed by atoms with Crippen LogP contribution in [0.5, 0.6) is 0 Å². The highest BCUT2D eigenvalue weighted by Gasteiger charge is 2.31. The van der Waals surface area contributed by atoms with Gasteiger partial charge in [-0.05, 0) is 32.0 Å². The molecule has 0 spiro atoms. The van der Waals surface area contributed by atoms with E-state index in [4.69, 9.17) is 16.7 Å². The number of hydrogen-bond acceptors (Lipinski definition) is 2. The Morgan fingerprint density at radius 3 is 2.37 bits per heavy atom. The molecule has 0 amide bonds. The Kier molecular flexibility index (Phi) is 4.35. The van der Waals surface area contributed by atoms with E-state index in [0.29, 0.717) is 0 Å². The molecule has 1 aromatic carbocycles. The van der Waals surface area contributed by atoms with E-state index in [1.165, 1.54) is 19.9 Å². The molecule has 0 heterocycles. The maximum Gasteiger partial charge on any atom is 0.416 e. The lowest BCUT2D eigenvalue weighted by Crippen LogP contribution is -2.31. The van der Waals surface area contributed by atoms with E-state index in [1.54, 1.807) is 0 Å². The molecule has 1 aromatic rings. The van der Waals surface area contributed by atoms with Gasteiger partial charge in [0, 0.05) is 17.3 Å². The lowest BCUT2D eigenvalue weighted by Gasteiger charge is -2.21. The molecule has 0 radical (unpaired) electrons. The SMILES string of the molecule is CC(C)(CNc1cc(Cl)cc(C(F)(F)F)c1)C(=O)O. The van der Waals surface area contributed by atoms with E-state index >= 15 is 0 Å². The van der Waals surface area contributed by atoms with Gasteiger partial charge in [0.15, 0.2) is 0 Å². The van der Waals surface area contributed by atoms with E-state index in [1.807, 2.05) is 0 Å². The summed E-state index contributed by atoms with van der Waals surface area (Å²) in [6.45, 7) is 2.93. The molecule has 0 aliphatic heterocycles. The average molecular weight is 296 g/mol. The molecule has 0 bridgehead atoms. The van der Waals surface area contributed by atoms with Crippen LogP contribution in [-0.2, 0) is 11.0 Å². The summed E-state index contributed by atoms with van der Waals surface area (Å²) in [7, 11) is 0. The number of aliphatic carboxylic acids is 1. The van der Waals surface area contributed by atoms with Gasteiger partial charge in [-0.15, -0.1) is 0 Å². The van der Waals surface area contributed by atoms with Gasteiger partial charge in [-0.2, -0.15) is 13.2 Å². The first-order valence-corrected chi connectivity index (χ1v) is 5.75. The Hall–Kier alpha value is -1.43. The van der Waals surface area contributed by atoms with Crippen LogP contribution in [0.15, 0.2) is 18.2 Å². The quantitative estimate of drug-likeness (QED) is 0.886. The molecular weight excluding hydrogens is 283 g/mol. The largest absolute Gasteiger partial charge is 0.481 e. The van der Waals surface area contributed by atoms with E-state index in [0.717, 1.165) is 12.1 Å². The highest BCUT2D eigenvalue weighted by Crippen LogP contribution is 2.33. The molecule has 0 unspecified atom stereocenters. The third-order valence-electron chi connectivity index (χ3n) is 2.54. The highest BCUT2D eigenvalue weighted by molar-refractivity contribution is 6.30. The molecule has 0 aliphatic rings. The van der Waals surface area contributed by atoms with Gasteiger partial charge in [0.25, 0.3) is 0 Å².